The molecule has 1 rings (SSSR count). The molecular formula is C35H58O5. The lowest BCUT2D eigenvalue weighted by Gasteiger charge is -2.27. The summed E-state index contributed by atoms with van der Waals surface area (Å²) in [6, 6.07) is 7.39. The maximum Gasteiger partial charge on any atom is 0.333 e. The van der Waals surface area contributed by atoms with Crippen molar-refractivity contribution in [2.75, 3.05) is 7.11 Å². The van der Waals surface area contributed by atoms with Gasteiger partial charge in [0.2, 0.25) is 0 Å². The van der Waals surface area contributed by atoms with Gasteiger partial charge in [-0.25, -0.2) is 4.79 Å². The second-order valence-corrected chi connectivity index (χ2v) is 11.2. The number of carbonyl (C=O) groups is 2. The number of hydrogen-bond acceptors (Lipinski definition) is 5. The first-order valence-corrected chi connectivity index (χ1v) is 16.1. The van der Waals surface area contributed by atoms with Crippen molar-refractivity contribution < 1.29 is 23.8 Å². The van der Waals surface area contributed by atoms with E-state index in [9.17, 15) is 9.59 Å². The Kier molecular flexibility index (Phi) is 20.9. The van der Waals surface area contributed by atoms with E-state index in [0.29, 0.717) is 17.7 Å². The van der Waals surface area contributed by atoms with E-state index in [-0.39, 0.29) is 12.4 Å². The lowest BCUT2D eigenvalue weighted by Crippen LogP contribution is -2.29. The summed E-state index contributed by atoms with van der Waals surface area (Å²) in [6.07, 6.45) is 21.9. The largest absolute Gasteiger partial charge is 0.497 e. The topological polar surface area (TPSA) is 61.8 Å². The van der Waals surface area contributed by atoms with Crippen molar-refractivity contribution in [3.63, 3.8) is 0 Å². The van der Waals surface area contributed by atoms with E-state index >= 15 is 0 Å². The molecule has 40 heavy (non-hydrogen) atoms. The third kappa shape index (κ3) is 16.7. The van der Waals surface area contributed by atoms with E-state index in [0.717, 1.165) is 18.4 Å². The maximum atomic E-state index is 12.4. The summed E-state index contributed by atoms with van der Waals surface area (Å²) in [6.45, 7) is 9.40. The quantitative estimate of drug-likeness (QED) is 0.0678. The number of ether oxygens (including phenoxy) is 3. The maximum absolute atomic E-state index is 12.4. The van der Waals surface area contributed by atoms with E-state index in [2.05, 4.69) is 13.5 Å². The summed E-state index contributed by atoms with van der Waals surface area (Å²) in [5, 5.41) is 0. The zero-order chi connectivity index (χ0) is 29.4. The summed E-state index contributed by atoms with van der Waals surface area (Å²) in [7, 11) is 1.61. The van der Waals surface area contributed by atoms with Gasteiger partial charge in [-0.15, -0.1) is 0 Å². The van der Waals surface area contributed by atoms with Crippen LogP contribution in [0, 0.1) is 0 Å². The van der Waals surface area contributed by atoms with Crippen LogP contribution < -0.4 is 4.74 Å². The van der Waals surface area contributed by atoms with Crippen LogP contribution in [-0.2, 0) is 19.1 Å². The Morgan fingerprint density at radius 1 is 0.700 bits per heavy atom. The van der Waals surface area contributed by atoms with Crippen molar-refractivity contribution in [2.24, 2.45) is 0 Å². The van der Waals surface area contributed by atoms with Gasteiger partial charge in [0.25, 0.3) is 0 Å². The number of methoxy groups -OCH3 is 1. The smallest absolute Gasteiger partial charge is 0.333 e. The van der Waals surface area contributed by atoms with Crippen molar-refractivity contribution in [3.8, 4) is 5.75 Å². The number of rotatable bonds is 25. The third-order valence-electron chi connectivity index (χ3n) is 7.53. The van der Waals surface area contributed by atoms with Crippen LogP contribution in [0.4, 0.5) is 0 Å². The SMILES string of the molecule is C=C(C)C(=O)OC(CCCCCCCCCCCCCCCCCCC)C(OC(=O)CC)c1ccc(OC)cc1. The molecule has 0 spiro atoms. The van der Waals surface area contributed by atoms with Gasteiger partial charge in [0, 0.05) is 12.0 Å². The van der Waals surface area contributed by atoms with E-state index < -0.39 is 18.2 Å². The molecule has 0 heterocycles. The molecule has 0 amide bonds. The standard InChI is InChI=1S/C35H58O5/c1-6-8-9-10-11-12-13-14-15-16-17-18-19-20-21-22-23-24-32(39-35(37)29(3)4)34(40-33(36)7-2)30-25-27-31(38-5)28-26-30/h25-28,32,34H,3,6-24H2,1-2,4-5H3. The van der Waals surface area contributed by atoms with Crippen molar-refractivity contribution >= 4 is 11.9 Å². The zero-order valence-electron chi connectivity index (χ0n) is 26.1. The predicted octanol–water partition coefficient (Wildman–Crippen LogP) is 10.2. The van der Waals surface area contributed by atoms with Crippen LogP contribution in [0.3, 0.4) is 0 Å². The number of hydrogen-bond donors (Lipinski definition) is 0. The van der Waals surface area contributed by atoms with Crippen LogP contribution in [0.1, 0.15) is 154 Å². The number of esters is 2. The van der Waals surface area contributed by atoms with Gasteiger partial charge < -0.3 is 14.2 Å². The number of unbranched alkanes of at least 4 members (excludes halogenated alkanes) is 16. The summed E-state index contributed by atoms with van der Waals surface area (Å²) >= 11 is 0. The summed E-state index contributed by atoms with van der Waals surface area (Å²) in [4.78, 5) is 24.7. The first-order valence-electron chi connectivity index (χ1n) is 16.1. The van der Waals surface area contributed by atoms with Gasteiger partial charge >= 0.3 is 11.9 Å². The lowest BCUT2D eigenvalue weighted by molar-refractivity contribution is -0.167. The molecule has 5 nitrogen and oxygen atoms in total. The summed E-state index contributed by atoms with van der Waals surface area (Å²) in [5.41, 5.74) is 1.12. The first-order chi connectivity index (χ1) is 19.4. The molecule has 1 aromatic carbocycles. The fraction of sp³-hybridized carbons (Fsp3) is 0.714. The van der Waals surface area contributed by atoms with Crippen LogP contribution in [0.15, 0.2) is 36.4 Å². The second-order valence-electron chi connectivity index (χ2n) is 11.2. The minimum absolute atomic E-state index is 0.257. The molecule has 2 unspecified atom stereocenters. The second kappa shape index (κ2) is 23.4. The molecule has 0 radical (unpaired) electrons. The Labute approximate surface area is 245 Å². The van der Waals surface area contributed by atoms with Crippen molar-refractivity contribution in [2.45, 2.75) is 155 Å². The molecular weight excluding hydrogens is 500 g/mol. The van der Waals surface area contributed by atoms with Crippen LogP contribution in [0.5, 0.6) is 5.75 Å². The van der Waals surface area contributed by atoms with Crippen molar-refractivity contribution in [1.82, 2.24) is 0 Å². The highest BCUT2D eigenvalue weighted by molar-refractivity contribution is 5.87. The number of benzene rings is 1. The fourth-order valence-corrected chi connectivity index (χ4v) is 4.96. The van der Waals surface area contributed by atoms with Gasteiger partial charge in [-0.3, -0.25) is 4.79 Å². The average Bonchev–Trinajstić information content (AvgIpc) is 2.96. The van der Waals surface area contributed by atoms with Gasteiger partial charge in [-0.2, -0.15) is 0 Å². The van der Waals surface area contributed by atoms with Crippen LogP contribution in [0.25, 0.3) is 0 Å². The molecule has 5 heteroatoms. The molecule has 0 aliphatic rings. The Morgan fingerprint density at radius 2 is 1.15 bits per heavy atom. The van der Waals surface area contributed by atoms with E-state index in [1.807, 2.05) is 24.3 Å². The molecule has 0 aliphatic carbocycles. The summed E-state index contributed by atoms with van der Waals surface area (Å²) in [5.74, 6) is -0.0596. The normalized spacial score (nSPS) is 12.5. The Morgan fingerprint density at radius 3 is 1.55 bits per heavy atom. The molecule has 0 saturated carbocycles. The molecule has 228 valence electrons. The first kappa shape index (κ1) is 35.7. The third-order valence-corrected chi connectivity index (χ3v) is 7.53. The van der Waals surface area contributed by atoms with Gasteiger partial charge in [0.1, 0.15) is 11.9 Å². The van der Waals surface area contributed by atoms with E-state index in [4.69, 9.17) is 14.2 Å². The predicted molar refractivity (Wildman–Crippen MR) is 166 cm³/mol. The molecule has 1 aromatic rings. The molecule has 0 saturated heterocycles. The molecule has 0 aromatic heterocycles. The van der Waals surface area contributed by atoms with Crippen molar-refractivity contribution in [3.05, 3.63) is 42.0 Å². The van der Waals surface area contributed by atoms with Gasteiger partial charge in [-0.1, -0.05) is 135 Å². The van der Waals surface area contributed by atoms with Gasteiger partial charge in [0.15, 0.2) is 6.10 Å². The Hall–Kier alpha value is -2.30. The molecule has 0 bridgehead atoms. The fourth-order valence-electron chi connectivity index (χ4n) is 4.96. The van der Waals surface area contributed by atoms with Gasteiger partial charge in [-0.05, 0) is 37.5 Å². The van der Waals surface area contributed by atoms with Crippen LogP contribution in [-0.4, -0.2) is 25.2 Å². The van der Waals surface area contributed by atoms with Gasteiger partial charge in [0.05, 0.1) is 7.11 Å². The van der Waals surface area contributed by atoms with E-state index in [1.165, 1.54) is 96.3 Å². The van der Waals surface area contributed by atoms with E-state index in [1.54, 1.807) is 21.0 Å². The van der Waals surface area contributed by atoms with Crippen molar-refractivity contribution in [1.29, 1.82) is 0 Å². The zero-order valence-corrected chi connectivity index (χ0v) is 26.1. The minimum Gasteiger partial charge on any atom is -0.497 e. The molecule has 0 aliphatic heterocycles. The summed E-state index contributed by atoms with van der Waals surface area (Å²) < 4.78 is 16.9. The molecule has 0 N–H and O–H groups in total. The highest BCUT2D eigenvalue weighted by atomic mass is 16.6. The minimum atomic E-state index is -0.664. The molecule has 0 fully saturated rings. The van der Waals surface area contributed by atoms with Crippen LogP contribution in [0.2, 0.25) is 0 Å². The lowest BCUT2D eigenvalue weighted by atomic mass is 9.98. The Bertz CT molecular complexity index is 801. The van der Waals surface area contributed by atoms with Crippen LogP contribution >= 0.6 is 0 Å². The highest BCUT2D eigenvalue weighted by Crippen LogP contribution is 2.30. The average molecular weight is 559 g/mol. The monoisotopic (exact) mass is 558 g/mol. The Balaban J connectivity index is 2.39. The highest BCUT2D eigenvalue weighted by Gasteiger charge is 2.30. The number of carbonyl (C=O) groups excluding carboxylic acids is 2. The molecule has 2 atom stereocenters.